The van der Waals surface area contributed by atoms with Gasteiger partial charge in [-0.3, -0.25) is 0 Å². The lowest BCUT2D eigenvalue weighted by Gasteiger charge is -2.21. The van der Waals surface area contributed by atoms with Gasteiger partial charge in [0.1, 0.15) is 10.6 Å². The fourth-order valence-corrected chi connectivity index (χ4v) is 2.36. The molecule has 3 N–H and O–H groups in total. The van der Waals surface area contributed by atoms with Gasteiger partial charge >= 0.3 is 0 Å². The molecule has 0 saturated carbocycles. The van der Waals surface area contributed by atoms with E-state index in [1.54, 1.807) is 6.07 Å². The topological polar surface area (TPSA) is 80.4 Å². The van der Waals surface area contributed by atoms with Gasteiger partial charge in [0, 0.05) is 18.4 Å². The molecular formula is C12H19NO3S. The Morgan fingerprint density at radius 3 is 2.18 bits per heavy atom. The Bertz CT molecular complexity index is 527. The lowest BCUT2D eigenvalue weighted by molar-refractivity contribution is 0.450. The number of sulfone groups is 1. The van der Waals surface area contributed by atoms with E-state index >= 15 is 0 Å². The van der Waals surface area contributed by atoms with Gasteiger partial charge in [0.15, 0.2) is 9.84 Å². The van der Waals surface area contributed by atoms with E-state index in [1.165, 1.54) is 6.07 Å². The number of nitrogens with two attached hydrogens (primary N) is 1. The zero-order chi connectivity index (χ0) is 13.4. The predicted octanol–water partition coefficient (Wildman–Crippen LogP) is 1.55. The van der Waals surface area contributed by atoms with Crippen LogP contribution in [0.1, 0.15) is 31.9 Å². The molecule has 0 amide bonds. The van der Waals surface area contributed by atoms with Crippen molar-refractivity contribution in [3.63, 3.8) is 0 Å². The number of aromatic hydroxyl groups is 1. The highest BCUT2D eigenvalue weighted by Crippen LogP contribution is 2.33. The van der Waals surface area contributed by atoms with Crippen molar-refractivity contribution in [2.75, 3.05) is 6.26 Å². The molecular weight excluding hydrogens is 238 g/mol. The van der Waals surface area contributed by atoms with Gasteiger partial charge in [0.05, 0.1) is 0 Å². The average molecular weight is 257 g/mol. The molecule has 0 aliphatic rings. The van der Waals surface area contributed by atoms with Gasteiger partial charge in [0.25, 0.3) is 0 Å². The van der Waals surface area contributed by atoms with Crippen molar-refractivity contribution >= 4 is 9.84 Å². The Labute approximate surface area is 102 Å². The summed E-state index contributed by atoms with van der Waals surface area (Å²) in [5, 5.41) is 9.86. The van der Waals surface area contributed by atoms with Crippen LogP contribution >= 0.6 is 0 Å². The molecule has 17 heavy (non-hydrogen) atoms. The highest BCUT2D eigenvalue weighted by molar-refractivity contribution is 7.90. The monoisotopic (exact) mass is 257 g/mol. The summed E-state index contributed by atoms with van der Waals surface area (Å²) in [4.78, 5) is -0.0506. The van der Waals surface area contributed by atoms with Crippen LogP contribution in [0.15, 0.2) is 17.0 Å². The van der Waals surface area contributed by atoms with Gasteiger partial charge in [-0.15, -0.1) is 0 Å². The number of hydrogen-bond acceptors (Lipinski definition) is 4. The Morgan fingerprint density at radius 1 is 1.29 bits per heavy atom. The quantitative estimate of drug-likeness (QED) is 0.842. The van der Waals surface area contributed by atoms with Crippen LogP contribution in [0, 0.1) is 0 Å². The largest absolute Gasteiger partial charge is 0.506 e. The molecule has 1 rings (SSSR count). The maximum Gasteiger partial charge on any atom is 0.179 e. The number of phenolic OH excluding ortho intramolecular Hbond substituents is 1. The highest BCUT2D eigenvalue weighted by atomic mass is 32.2. The molecule has 1 aromatic rings. The molecule has 0 saturated heterocycles. The first-order valence-electron chi connectivity index (χ1n) is 5.34. The standard InChI is InChI=1S/C12H19NO3S/c1-12(2,3)9-5-8(7-13)11(14)10(6-9)17(4,15)16/h5-6,14H,7,13H2,1-4H3. The first kappa shape index (κ1) is 14.0. The van der Waals surface area contributed by atoms with Crippen molar-refractivity contribution < 1.29 is 13.5 Å². The number of rotatable bonds is 2. The molecule has 0 radical (unpaired) electrons. The second-order valence-corrected chi connectivity index (χ2v) is 7.19. The summed E-state index contributed by atoms with van der Waals surface area (Å²) in [6.45, 7) is 6.04. The Hall–Kier alpha value is -1.07. The molecule has 0 heterocycles. The first-order chi connectivity index (χ1) is 7.57. The van der Waals surface area contributed by atoms with Crippen LogP contribution in [0.2, 0.25) is 0 Å². The third-order valence-electron chi connectivity index (χ3n) is 2.64. The molecule has 5 heteroatoms. The molecule has 0 aromatic heterocycles. The number of phenols is 1. The van der Waals surface area contributed by atoms with Gasteiger partial charge < -0.3 is 10.8 Å². The van der Waals surface area contributed by atoms with E-state index in [2.05, 4.69) is 0 Å². The Kier molecular flexibility index (Phi) is 3.55. The van der Waals surface area contributed by atoms with Crippen LogP contribution in [0.25, 0.3) is 0 Å². The second-order valence-electron chi connectivity index (χ2n) is 5.21. The number of benzene rings is 1. The molecule has 0 aliphatic heterocycles. The van der Waals surface area contributed by atoms with Gasteiger partial charge in [-0.25, -0.2) is 8.42 Å². The smallest absolute Gasteiger partial charge is 0.179 e. The molecule has 0 bridgehead atoms. The Balaban J connectivity index is 3.62. The summed E-state index contributed by atoms with van der Waals surface area (Å²) < 4.78 is 23.2. The number of hydrogen-bond donors (Lipinski definition) is 2. The second kappa shape index (κ2) is 4.31. The SMILES string of the molecule is CC(C)(C)c1cc(CN)c(O)c(S(C)(=O)=O)c1. The van der Waals surface area contributed by atoms with Crippen LogP contribution < -0.4 is 5.73 Å². The molecule has 4 nitrogen and oxygen atoms in total. The van der Waals surface area contributed by atoms with Gasteiger partial charge in [-0.1, -0.05) is 26.8 Å². The van der Waals surface area contributed by atoms with E-state index < -0.39 is 9.84 Å². The minimum absolute atomic E-state index is 0.0506. The van der Waals surface area contributed by atoms with Gasteiger partial charge in [-0.05, 0) is 17.0 Å². The summed E-state index contributed by atoms with van der Waals surface area (Å²) in [5.74, 6) is -0.233. The minimum atomic E-state index is -3.45. The van der Waals surface area contributed by atoms with Crippen molar-refractivity contribution in [3.05, 3.63) is 23.3 Å². The maximum absolute atomic E-state index is 11.6. The van der Waals surface area contributed by atoms with E-state index in [0.29, 0.717) is 5.56 Å². The zero-order valence-corrected chi connectivity index (χ0v) is 11.4. The van der Waals surface area contributed by atoms with E-state index in [-0.39, 0.29) is 22.6 Å². The predicted molar refractivity (Wildman–Crippen MR) is 67.8 cm³/mol. The van der Waals surface area contributed by atoms with Crippen molar-refractivity contribution in [3.8, 4) is 5.75 Å². The lowest BCUT2D eigenvalue weighted by atomic mass is 9.86. The molecule has 0 fully saturated rings. The van der Waals surface area contributed by atoms with Crippen LogP contribution in [-0.2, 0) is 21.8 Å². The third kappa shape index (κ3) is 2.98. The fourth-order valence-electron chi connectivity index (χ4n) is 1.54. The van der Waals surface area contributed by atoms with E-state index in [1.807, 2.05) is 20.8 Å². The molecule has 0 unspecified atom stereocenters. The highest BCUT2D eigenvalue weighted by Gasteiger charge is 2.22. The molecule has 0 spiro atoms. The maximum atomic E-state index is 11.6. The fraction of sp³-hybridized carbons (Fsp3) is 0.500. The summed E-state index contributed by atoms with van der Waals surface area (Å²) in [6.07, 6.45) is 1.08. The van der Waals surface area contributed by atoms with Crippen molar-refractivity contribution in [1.29, 1.82) is 0 Å². The molecule has 0 atom stereocenters. The summed E-state index contributed by atoms with van der Waals surface area (Å²) >= 11 is 0. The molecule has 1 aromatic carbocycles. The lowest BCUT2D eigenvalue weighted by Crippen LogP contribution is -2.14. The van der Waals surface area contributed by atoms with Crippen LogP contribution in [-0.4, -0.2) is 19.8 Å². The minimum Gasteiger partial charge on any atom is -0.506 e. The van der Waals surface area contributed by atoms with Gasteiger partial charge in [0.2, 0.25) is 0 Å². The van der Waals surface area contributed by atoms with Crippen molar-refractivity contribution in [1.82, 2.24) is 0 Å². The summed E-state index contributed by atoms with van der Waals surface area (Å²) in [6, 6.07) is 3.27. The van der Waals surface area contributed by atoms with Crippen molar-refractivity contribution in [2.24, 2.45) is 5.73 Å². The van der Waals surface area contributed by atoms with Crippen molar-refractivity contribution in [2.45, 2.75) is 37.6 Å². The Morgan fingerprint density at radius 2 is 1.82 bits per heavy atom. The molecule has 0 aliphatic carbocycles. The first-order valence-corrected chi connectivity index (χ1v) is 7.23. The third-order valence-corrected chi connectivity index (χ3v) is 3.75. The van der Waals surface area contributed by atoms with Gasteiger partial charge in [-0.2, -0.15) is 0 Å². The summed E-state index contributed by atoms with van der Waals surface area (Å²) in [7, 11) is -3.45. The molecule has 96 valence electrons. The van der Waals surface area contributed by atoms with Crippen LogP contribution in [0.4, 0.5) is 0 Å². The van der Waals surface area contributed by atoms with Crippen LogP contribution in [0.5, 0.6) is 5.75 Å². The van der Waals surface area contributed by atoms with E-state index in [4.69, 9.17) is 5.73 Å². The summed E-state index contributed by atoms with van der Waals surface area (Å²) in [5.41, 5.74) is 6.62. The van der Waals surface area contributed by atoms with Crippen LogP contribution in [0.3, 0.4) is 0 Å². The van der Waals surface area contributed by atoms with E-state index in [0.717, 1.165) is 11.8 Å². The average Bonchev–Trinajstić information content (AvgIpc) is 2.14. The van der Waals surface area contributed by atoms with E-state index in [9.17, 15) is 13.5 Å². The zero-order valence-electron chi connectivity index (χ0n) is 10.6. The normalized spacial score (nSPS) is 12.8.